The Bertz CT molecular complexity index is 360. The van der Waals surface area contributed by atoms with Crippen molar-refractivity contribution in [3.63, 3.8) is 0 Å². The Morgan fingerprint density at radius 2 is 2.28 bits per heavy atom. The highest BCUT2D eigenvalue weighted by atomic mass is 16.5. The van der Waals surface area contributed by atoms with Crippen LogP contribution in [-0.2, 0) is 9.53 Å². The average molecular weight is 252 g/mol. The molecule has 0 bridgehead atoms. The maximum atomic E-state index is 11.2. The second-order valence-corrected chi connectivity index (χ2v) is 5.45. The maximum Gasteiger partial charge on any atom is 0.310 e. The minimum Gasteiger partial charge on any atom is -0.481 e. The molecular weight excluding hydrogens is 232 g/mol. The zero-order valence-corrected chi connectivity index (χ0v) is 10.8. The lowest BCUT2D eigenvalue weighted by molar-refractivity contribution is -0.143. The predicted octanol–water partition coefficient (Wildman–Crippen LogP) is 1.10. The third kappa shape index (κ3) is 2.65. The molecule has 0 aromatic heterocycles. The van der Waals surface area contributed by atoms with Crippen molar-refractivity contribution in [3.8, 4) is 6.07 Å². The largest absolute Gasteiger partial charge is 0.481 e. The van der Waals surface area contributed by atoms with Gasteiger partial charge in [0.1, 0.15) is 0 Å². The first-order chi connectivity index (χ1) is 8.62. The molecule has 18 heavy (non-hydrogen) atoms. The van der Waals surface area contributed by atoms with Crippen molar-refractivity contribution < 1.29 is 14.6 Å². The van der Waals surface area contributed by atoms with Crippen LogP contribution in [0.1, 0.15) is 26.2 Å². The highest BCUT2D eigenvalue weighted by Crippen LogP contribution is 2.49. The number of rotatable bonds is 6. The lowest BCUT2D eigenvalue weighted by Crippen LogP contribution is -2.45. The monoisotopic (exact) mass is 252 g/mol. The molecule has 2 atom stereocenters. The number of hydrogen-bond donors (Lipinski definition) is 1. The number of hydrogen-bond acceptors (Lipinski definition) is 4. The van der Waals surface area contributed by atoms with Crippen molar-refractivity contribution in [1.82, 2.24) is 4.90 Å². The summed E-state index contributed by atoms with van der Waals surface area (Å²) in [5.41, 5.74) is 0.121. The lowest BCUT2D eigenvalue weighted by Gasteiger charge is -2.32. The van der Waals surface area contributed by atoms with Gasteiger partial charge in [0, 0.05) is 19.0 Å². The smallest absolute Gasteiger partial charge is 0.310 e. The lowest BCUT2D eigenvalue weighted by atomic mass is 9.97. The summed E-state index contributed by atoms with van der Waals surface area (Å²) in [6.45, 7) is 4.48. The molecule has 0 aromatic carbocycles. The molecule has 1 saturated heterocycles. The number of nitrogens with zero attached hydrogens (tertiary/aromatic N) is 2. The summed E-state index contributed by atoms with van der Waals surface area (Å²) < 4.78 is 5.32. The summed E-state index contributed by atoms with van der Waals surface area (Å²) in [6.07, 6.45) is 2.75. The van der Waals surface area contributed by atoms with Gasteiger partial charge in [-0.15, -0.1) is 0 Å². The molecule has 100 valence electrons. The van der Waals surface area contributed by atoms with Crippen molar-refractivity contribution in [2.45, 2.75) is 32.2 Å². The van der Waals surface area contributed by atoms with E-state index in [-0.39, 0.29) is 11.5 Å². The van der Waals surface area contributed by atoms with Gasteiger partial charge in [-0.2, -0.15) is 5.26 Å². The quantitative estimate of drug-likeness (QED) is 0.766. The number of aliphatic carboxylic acids is 1. The summed E-state index contributed by atoms with van der Waals surface area (Å²) in [6, 6.07) is 2.21. The van der Waals surface area contributed by atoms with Gasteiger partial charge < -0.3 is 9.84 Å². The van der Waals surface area contributed by atoms with E-state index < -0.39 is 11.9 Å². The fraction of sp³-hybridized carbons (Fsp3) is 0.846. The molecule has 1 saturated carbocycles. The molecule has 0 radical (unpaired) electrons. The molecule has 0 spiro atoms. The Morgan fingerprint density at radius 3 is 2.78 bits per heavy atom. The maximum absolute atomic E-state index is 11.2. The van der Waals surface area contributed by atoms with Gasteiger partial charge in [-0.25, -0.2) is 0 Å². The van der Waals surface area contributed by atoms with E-state index >= 15 is 0 Å². The van der Waals surface area contributed by atoms with E-state index in [1.165, 1.54) is 0 Å². The van der Waals surface area contributed by atoms with E-state index in [4.69, 9.17) is 10.00 Å². The van der Waals surface area contributed by atoms with E-state index in [2.05, 4.69) is 11.0 Å². The Kier molecular flexibility index (Phi) is 3.88. The zero-order chi connectivity index (χ0) is 13.2. The van der Waals surface area contributed by atoms with E-state index in [1.807, 2.05) is 6.92 Å². The van der Waals surface area contributed by atoms with Crippen molar-refractivity contribution in [1.29, 1.82) is 5.26 Å². The fourth-order valence-electron chi connectivity index (χ4n) is 2.77. The van der Waals surface area contributed by atoms with E-state index in [9.17, 15) is 9.90 Å². The van der Waals surface area contributed by atoms with Gasteiger partial charge in [0.25, 0.3) is 0 Å². The molecule has 1 aliphatic carbocycles. The summed E-state index contributed by atoms with van der Waals surface area (Å²) >= 11 is 0. The molecule has 0 amide bonds. The zero-order valence-electron chi connectivity index (χ0n) is 10.8. The molecule has 1 N–H and O–H groups in total. The van der Waals surface area contributed by atoms with Crippen molar-refractivity contribution in [3.05, 3.63) is 0 Å². The van der Waals surface area contributed by atoms with Gasteiger partial charge >= 0.3 is 5.97 Å². The molecule has 0 aromatic rings. The number of carbonyl (C=O) groups is 1. The average Bonchev–Trinajstić information content (AvgIpc) is 2.92. The standard InChI is InChI=1S/C13H20N2O3/c1-2-15(9-13(3-4-13)5-6-14)11-8-18-7-10(11)12(16)17/h10-11H,2-5,7-9H2,1H3,(H,16,17). The van der Waals surface area contributed by atoms with Crippen LogP contribution in [0.2, 0.25) is 0 Å². The first-order valence-corrected chi connectivity index (χ1v) is 6.53. The second kappa shape index (κ2) is 5.25. The number of carboxylic acid groups (broad SMARTS) is 1. The highest BCUT2D eigenvalue weighted by Gasteiger charge is 2.46. The predicted molar refractivity (Wildman–Crippen MR) is 64.9 cm³/mol. The van der Waals surface area contributed by atoms with Gasteiger partial charge in [0.15, 0.2) is 0 Å². The van der Waals surface area contributed by atoms with Gasteiger partial charge in [0.2, 0.25) is 0 Å². The first kappa shape index (κ1) is 13.3. The molecule has 5 nitrogen and oxygen atoms in total. The van der Waals surface area contributed by atoms with Gasteiger partial charge in [-0.1, -0.05) is 6.92 Å². The molecule has 2 aliphatic rings. The van der Waals surface area contributed by atoms with Crippen LogP contribution in [-0.4, -0.2) is 48.3 Å². The SMILES string of the molecule is CCN(CC1(CC#N)CC1)C1COCC1C(=O)O. The number of ether oxygens (including phenoxy) is 1. The van der Waals surface area contributed by atoms with Crippen LogP contribution in [0.25, 0.3) is 0 Å². The van der Waals surface area contributed by atoms with Crippen molar-refractivity contribution in [2.24, 2.45) is 11.3 Å². The number of nitriles is 1. The van der Waals surface area contributed by atoms with E-state index in [0.29, 0.717) is 19.6 Å². The molecule has 1 aliphatic heterocycles. The van der Waals surface area contributed by atoms with Crippen LogP contribution in [0, 0.1) is 22.7 Å². The minimum atomic E-state index is -0.777. The van der Waals surface area contributed by atoms with Crippen LogP contribution >= 0.6 is 0 Å². The first-order valence-electron chi connectivity index (χ1n) is 6.53. The Hall–Kier alpha value is -1.12. The molecule has 2 fully saturated rings. The van der Waals surface area contributed by atoms with Crippen LogP contribution in [0.3, 0.4) is 0 Å². The van der Waals surface area contributed by atoms with E-state index in [1.54, 1.807) is 0 Å². The van der Waals surface area contributed by atoms with Crippen molar-refractivity contribution in [2.75, 3.05) is 26.3 Å². The third-order valence-electron chi connectivity index (χ3n) is 4.19. The number of likely N-dealkylation sites (N-methyl/N-ethyl adjacent to an activating group) is 1. The normalized spacial score (nSPS) is 29.2. The Labute approximate surface area is 107 Å². The van der Waals surface area contributed by atoms with E-state index in [0.717, 1.165) is 25.9 Å². The van der Waals surface area contributed by atoms with Crippen LogP contribution < -0.4 is 0 Å². The Morgan fingerprint density at radius 1 is 1.56 bits per heavy atom. The van der Waals surface area contributed by atoms with Crippen LogP contribution in [0.5, 0.6) is 0 Å². The molecule has 2 rings (SSSR count). The molecular formula is C13H20N2O3. The topological polar surface area (TPSA) is 73.6 Å². The van der Waals surface area contributed by atoms with Gasteiger partial charge in [-0.3, -0.25) is 9.69 Å². The minimum absolute atomic E-state index is 0.0383. The summed E-state index contributed by atoms with van der Waals surface area (Å²) in [7, 11) is 0. The molecule has 2 unspecified atom stereocenters. The summed E-state index contributed by atoms with van der Waals surface area (Å²) in [4.78, 5) is 13.4. The summed E-state index contributed by atoms with van der Waals surface area (Å²) in [5.74, 6) is -1.20. The van der Waals surface area contributed by atoms with Crippen LogP contribution in [0.4, 0.5) is 0 Å². The van der Waals surface area contributed by atoms with Gasteiger partial charge in [0.05, 0.1) is 25.2 Å². The third-order valence-corrected chi connectivity index (χ3v) is 4.19. The van der Waals surface area contributed by atoms with Crippen LogP contribution in [0.15, 0.2) is 0 Å². The fourth-order valence-corrected chi connectivity index (χ4v) is 2.77. The molecule has 5 heteroatoms. The molecule has 1 heterocycles. The van der Waals surface area contributed by atoms with Crippen molar-refractivity contribution >= 4 is 5.97 Å². The summed E-state index contributed by atoms with van der Waals surface area (Å²) in [5, 5.41) is 18.0. The van der Waals surface area contributed by atoms with Gasteiger partial charge in [-0.05, 0) is 24.8 Å². The number of carboxylic acids is 1. The Balaban J connectivity index is 2.00. The highest BCUT2D eigenvalue weighted by molar-refractivity contribution is 5.71. The second-order valence-electron chi connectivity index (χ2n) is 5.45.